The molecule has 3 atom stereocenters. The summed E-state index contributed by atoms with van der Waals surface area (Å²) >= 11 is 6.04. The molecule has 2 rings (SSSR count). The van der Waals surface area contributed by atoms with Crippen molar-refractivity contribution in [3.63, 3.8) is 0 Å². The fraction of sp³-hybridized carbons (Fsp3) is 0.600. The van der Waals surface area contributed by atoms with Gasteiger partial charge in [-0.3, -0.25) is 0 Å². The highest BCUT2D eigenvalue weighted by Crippen LogP contribution is 2.39. The summed E-state index contributed by atoms with van der Waals surface area (Å²) in [5, 5.41) is 11.2. The third kappa shape index (κ3) is 2.86. The first-order valence-electron chi connectivity index (χ1n) is 6.57. The topological polar surface area (TPSA) is 20.2 Å². The number of benzene rings is 1. The Bertz CT molecular complexity index is 435. The summed E-state index contributed by atoms with van der Waals surface area (Å²) < 4.78 is 13.0. The quantitative estimate of drug-likeness (QED) is 0.854. The zero-order valence-electron chi connectivity index (χ0n) is 10.9. The number of aliphatic hydroxyl groups is 1. The summed E-state index contributed by atoms with van der Waals surface area (Å²) in [4.78, 5) is 0. The van der Waals surface area contributed by atoms with Gasteiger partial charge in [0.2, 0.25) is 0 Å². The van der Waals surface area contributed by atoms with Crippen LogP contribution in [0.25, 0.3) is 0 Å². The number of halogens is 2. The van der Waals surface area contributed by atoms with E-state index >= 15 is 0 Å². The maximum Gasteiger partial charge on any atom is 0.124 e. The molecule has 1 aliphatic carbocycles. The summed E-state index contributed by atoms with van der Waals surface area (Å²) in [5.41, 5.74) is 0.126. The molecule has 1 saturated carbocycles. The molecule has 1 aromatic rings. The van der Waals surface area contributed by atoms with E-state index in [1.807, 2.05) is 0 Å². The fourth-order valence-electron chi connectivity index (χ4n) is 2.95. The minimum atomic E-state index is -0.709. The number of rotatable bonds is 2. The van der Waals surface area contributed by atoms with Gasteiger partial charge < -0.3 is 5.11 Å². The van der Waals surface area contributed by atoms with E-state index in [1.54, 1.807) is 6.07 Å². The van der Waals surface area contributed by atoms with Gasteiger partial charge in [0.05, 0.1) is 5.60 Å². The highest BCUT2D eigenvalue weighted by molar-refractivity contribution is 6.31. The van der Waals surface area contributed by atoms with Crippen LogP contribution >= 0.6 is 11.6 Å². The van der Waals surface area contributed by atoms with Gasteiger partial charge >= 0.3 is 0 Å². The molecular formula is C15H20ClFO. The molecule has 0 bridgehead atoms. The van der Waals surface area contributed by atoms with Gasteiger partial charge in [0.15, 0.2) is 0 Å². The van der Waals surface area contributed by atoms with Crippen molar-refractivity contribution in [2.75, 3.05) is 0 Å². The van der Waals surface area contributed by atoms with Crippen LogP contribution in [0.15, 0.2) is 18.2 Å². The lowest BCUT2D eigenvalue weighted by atomic mass is 9.69. The van der Waals surface area contributed by atoms with E-state index < -0.39 is 5.60 Å². The van der Waals surface area contributed by atoms with Crippen molar-refractivity contribution in [1.29, 1.82) is 0 Å². The van der Waals surface area contributed by atoms with Gasteiger partial charge in [-0.05, 0) is 42.4 Å². The van der Waals surface area contributed by atoms with E-state index in [1.165, 1.54) is 18.6 Å². The van der Waals surface area contributed by atoms with Gasteiger partial charge in [-0.15, -0.1) is 0 Å². The predicted molar refractivity (Wildman–Crippen MR) is 72.2 cm³/mol. The van der Waals surface area contributed by atoms with Crippen molar-refractivity contribution in [3.8, 4) is 0 Å². The molecule has 0 heterocycles. The van der Waals surface area contributed by atoms with E-state index in [9.17, 15) is 9.50 Å². The maximum atomic E-state index is 13.0. The van der Waals surface area contributed by atoms with Crippen molar-refractivity contribution in [2.45, 2.75) is 45.1 Å². The molecule has 1 fully saturated rings. The van der Waals surface area contributed by atoms with Crippen LogP contribution in [0.5, 0.6) is 0 Å². The van der Waals surface area contributed by atoms with Crippen LogP contribution in [-0.4, -0.2) is 10.7 Å². The van der Waals surface area contributed by atoms with Gasteiger partial charge in [0.25, 0.3) is 0 Å². The van der Waals surface area contributed by atoms with Crippen LogP contribution in [0.3, 0.4) is 0 Å². The molecule has 3 unspecified atom stereocenters. The Labute approximate surface area is 113 Å². The van der Waals surface area contributed by atoms with E-state index in [0.717, 1.165) is 18.4 Å². The van der Waals surface area contributed by atoms with E-state index in [4.69, 9.17) is 11.6 Å². The molecule has 1 aromatic carbocycles. The van der Waals surface area contributed by atoms with E-state index in [2.05, 4.69) is 13.8 Å². The molecule has 1 N–H and O–H groups in total. The monoisotopic (exact) mass is 270 g/mol. The predicted octanol–water partition coefficient (Wildman–Crippen LogP) is 4.21. The maximum absolute atomic E-state index is 13.0. The van der Waals surface area contributed by atoms with E-state index in [0.29, 0.717) is 17.4 Å². The molecule has 0 radical (unpaired) electrons. The molecule has 0 amide bonds. The number of hydrogen-bond donors (Lipinski definition) is 1. The van der Waals surface area contributed by atoms with Gasteiger partial charge in [-0.2, -0.15) is 0 Å². The largest absolute Gasteiger partial charge is 0.389 e. The zero-order valence-corrected chi connectivity index (χ0v) is 11.7. The first kappa shape index (κ1) is 13.8. The molecule has 18 heavy (non-hydrogen) atoms. The molecule has 0 saturated heterocycles. The highest BCUT2D eigenvalue weighted by Gasteiger charge is 2.39. The summed E-state index contributed by atoms with van der Waals surface area (Å²) in [7, 11) is 0. The second-order valence-corrected chi connectivity index (χ2v) is 6.21. The van der Waals surface area contributed by atoms with Crippen molar-refractivity contribution in [1.82, 2.24) is 0 Å². The standard InChI is InChI=1S/C15H20ClFO/c1-10-3-4-11(2)15(18,8-10)9-12-5-6-13(17)7-14(12)16/h5-7,10-11,18H,3-4,8-9H2,1-2H3. The Hall–Kier alpha value is -0.600. The van der Waals surface area contributed by atoms with Crippen LogP contribution in [-0.2, 0) is 6.42 Å². The Morgan fingerprint density at radius 1 is 1.39 bits per heavy atom. The summed E-state index contributed by atoms with van der Waals surface area (Å²) in [6.07, 6.45) is 3.51. The normalized spacial score (nSPS) is 32.5. The van der Waals surface area contributed by atoms with Crippen molar-refractivity contribution >= 4 is 11.6 Å². The van der Waals surface area contributed by atoms with Gasteiger partial charge in [0, 0.05) is 11.4 Å². The van der Waals surface area contributed by atoms with Gasteiger partial charge in [-0.25, -0.2) is 4.39 Å². The first-order chi connectivity index (χ1) is 8.40. The number of hydrogen-bond acceptors (Lipinski definition) is 1. The molecule has 0 aliphatic heterocycles. The Balaban J connectivity index is 2.20. The molecule has 1 aliphatic rings. The van der Waals surface area contributed by atoms with Crippen molar-refractivity contribution in [3.05, 3.63) is 34.6 Å². The van der Waals surface area contributed by atoms with Crippen LogP contribution < -0.4 is 0 Å². The second kappa shape index (κ2) is 5.18. The third-order valence-electron chi connectivity index (χ3n) is 4.22. The lowest BCUT2D eigenvalue weighted by Gasteiger charge is -2.41. The Morgan fingerprint density at radius 3 is 2.78 bits per heavy atom. The molecule has 100 valence electrons. The Morgan fingerprint density at radius 2 is 2.11 bits per heavy atom. The lowest BCUT2D eigenvalue weighted by Crippen LogP contribution is -2.43. The van der Waals surface area contributed by atoms with Crippen molar-refractivity contribution < 1.29 is 9.50 Å². The minimum Gasteiger partial charge on any atom is -0.389 e. The third-order valence-corrected chi connectivity index (χ3v) is 4.58. The minimum absolute atomic E-state index is 0.259. The first-order valence-corrected chi connectivity index (χ1v) is 6.95. The van der Waals surface area contributed by atoms with E-state index in [-0.39, 0.29) is 11.7 Å². The molecule has 3 heteroatoms. The van der Waals surface area contributed by atoms with Crippen LogP contribution in [0, 0.1) is 17.7 Å². The lowest BCUT2D eigenvalue weighted by molar-refractivity contribution is -0.0560. The SMILES string of the molecule is CC1CCC(C)C(O)(Cc2ccc(F)cc2Cl)C1. The van der Waals surface area contributed by atoms with Gasteiger partial charge in [0.1, 0.15) is 5.82 Å². The fourth-order valence-corrected chi connectivity index (χ4v) is 3.19. The summed E-state index contributed by atoms with van der Waals surface area (Å²) in [6, 6.07) is 4.40. The zero-order chi connectivity index (χ0) is 13.3. The van der Waals surface area contributed by atoms with Crippen molar-refractivity contribution in [2.24, 2.45) is 11.8 Å². The molecular weight excluding hydrogens is 251 g/mol. The second-order valence-electron chi connectivity index (χ2n) is 5.80. The van der Waals surface area contributed by atoms with Gasteiger partial charge in [-0.1, -0.05) is 37.9 Å². The van der Waals surface area contributed by atoms with Crippen LogP contribution in [0.4, 0.5) is 4.39 Å². The smallest absolute Gasteiger partial charge is 0.124 e. The molecule has 0 spiro atoms. The average Bonchev–Trinajstić information content (AvgIpc) is 2.28. The van der Waals surface area contributed by atoms with Crippen LogP contribution in [0.1, 0.15) is 38.7 Å². The summed E-state index contributed by atoms with van der Waals surface area (Å²) in [5.74, 6) is 0.459. The summed E-state index contributed by atoms with van der Waals surface area (Å²) in [6.45, 7) is 4.26. The Kier molecular flexibility index (Phi) is 3.98. The molecule has 0 aromatic heterocycles. The molecule has 1 nitrogen and oxygen atoms in total. The highest BCUT2D eigenvalue weighted by atomic mass is 35.5. The van der Waals surface area contributed by atoms with Crippen LogP contribution in [0.2, 0.25) is 5.02 Å². The average molecular weight is 271 g/mol.